The van der Waals surface area contributed by atoms with Crippen molar-refractivity contribution in [3.05, 3.63) is 51.6 Å². The molecule has 196 valence electrons. The van der Waals surface area contributed by atoms with E-state index in [1.807, 2.05) is 27.9 Å². The number of nitrogens with one attached hydrogen (secondary N) is 2. The van der Waals surface area contributed by atoms with E-state index in [4.69, 9.17) is 9.90 Å². The third kappa shape index (κ3) is 6.41. The number of aromatic nitrogens is 2. The van der Waals surface area contributed by atoms with E-state index in [2.05, 4.69) is 26.7 Å². The Balaban J connectivity index is 0.000000405. The molecule has 1 spiro atoms. The number of carbonyl (C=O) groups excluding carboxylic acids is 2. The normalized spacial score (nSPS) is 18.4. The van der Waals surface area contributed by atoms with Crippen LogP contribution >= 0.6 is 11.3 Å². The lowest BCUT2D eigenvalue weighted by Crippen LogP contribution is -2.62. The molecule has 0 aromatic carbocycles. The van der Waals surface area contributed by atoms with Crippen molar-refractivity contribution in [1.29, 1.82) is 0 Å². The number of nitrogens with zero attached hydrogens (tertiary/aromatic N) is 3. The van der Waals surface area contributed by atoms with Crippen LogP contribution < -0.4 is 10.6 Å². The van der Waals surface area contributed by atoms with Crippen molar-refractivity contribution in [2.45, 2.75) is 25.4 Å². The molecule has 3 aliphatic rings. The predicted octanol–water partition coefficient (Wildman–Crippen LogP) is 2.97. The maximum atomic E-state index is 12.6. The zero-order valence-corrected chi connectivity index (χ0v) is 20.4. The van der Waals surface area contributed by atoms with Gasteiger partial charge in [0, 0.05) is 43.8 Å². The van der Waals surface area contributed by atoms with Gasteiger partial charge in [-0.1, -0.05) is 5.57 Å². The molecule has 3 aliphatic heterocycles. The second-order valence-electron chi connectivity index (χ2n) is 8.97. The maximum absolute atomic E-state index is 12.6. The van der Waals surface area contributed by atoms with Crippen LogP contribution in [-0.2, 0) is 20.8 Å². The molecule has 0 unspecified atom stereocenters. The van der Waals surface area contributed by atoms with Crippen molar-refractivity contribution >= 4 is 47.1 Å². The van der Waals surface area contributed by atoms with E-state index in [-0.39, 0.29) is 17.2 Å². The Labute approximate surface area is 214 Å². The van der Waals surface area contributed by atoms with Crippen LogP contribution in [0.15, 0.2) is 34.8 Å². The average Bonchev–Trinajstić information content (AvgIpc) is 3.34. The van der Waals surface area contributed by atoms with E-state index in [1.54, 1.807) is 23.6 Å². The van der Waals surface area contributed by atoms with Crippen LogP contribution in [0.4, 0.5) is 19.0 Å². The van der Waals surface area contributed by atoms with E-state index in [0.29, 0.717) is 25.3 Å². The van der Waals surface area contributed by atoms with Crippen LogP contribution in [0.1, 0.15) is 29.7 Å². The molecule has 37 heavy (non-hydrogen) atoms. The van der Waals surface area contributed by atoms with Crippen molar-refractivity contribution in [1.82, 2.24) is 20.2 Å². The van der Waals surface area contributed by atoms with Crippen molar-refractivity contribution in [3.8, 4) is 0 Å². The van der Waals surface area contributed by atoms with Crippen molar-refractivity contribution in [2.75, 3.05) is 31.5 Å². The van der Waals surface area contributed by atoms with E-state index >= 15 is 0 Å². The number of anilines is 1. The number of rotatable bonds is 3. The highest BCUT2D eigenvalue weighted by Gasteiger charge is 2.47. The van der Waals surface area contributed by atoms with Crippen molar-refractivity contribution in [3.63, 3.8) is 0 Å². The standard InChI is InChI=1S/C22H23N5O2S.C2HF3O2/c28-19(27-5-3-15(4-6-27)8-18-11-30-14-25-18)2-1-16-7-17-9-22(12-23-13-22)21(29)26-20(17)24-10-16;3-2(4,5)1(6)7/h1-2,7-8,10-11,14,23H,3-6,9,12-13H2,(H,24,26,29);(H,6,7). The molecule has 2 fully saturated rings. The number of carbonyl (C=O) groups is 3. The lowest BCUT2D eigenvalue weighted by Gasteiger charge is -2.43. The number of hydrogen-bond donors (Lipinski definition) is 3. The average molecular weight is 536 g/mol. The van der Waals surface area contributed by atoms with Gasteiger partial charge in [0.15, 0.2) is 0 Å². The summed E-state index contributed by atoms with van der Waals surface area (Å²) in [6.07, 6.45) is 4.64. The molecule has 2 aromatic rings. The molecule has 5 heterocycles. The largest absolute Gasteiger partial charge is 0.490 e. The summed E-state index contributed by atoms with van der Waals surface area (Å²) in [6, 6.07) is 2.02. The summed E-state index contributed by atoms with van der Waals surface area (Å²) in [5.41, 5.74) is 5.74. The van der Waals surface area contributed by atoms with Gasteiger partial charge in [-0.25, -0.2) is 14.8 Å². The van der Waals surface area contributed by atoms with Gasteiger partial charge >= 0.3 is 12.1 Å². The molecule has 3 N–H and O–H groups in total. The van der Waals surface area contributed by atoms with Gasteiger partial charge in [-0.15, -0.1) is 11.3 Å². The molecule has 13 heteroatoms. The van der Waals surface area contributed by atoms with E-state index in [0.717, 1.165) is 42.8 Å². The van der Waals surface area contributed by atoms with Gasteiger partial charge in [-0.3, -0.25) is 9.59 Å². The number of aliphatic carboxylic acids is 1. The summed E-state index contributed by atoms with van der Waals surface area (Å²) in [6.45, 7) is 2.85. The SMILES string of the molecule is O=C(C=Cc1cnc2c(c1)CC1(CNC1)C(=O)N2)N1CCC(=Cc2cscn2)CC1.O=C(O)C(F)(F)F. The number of fused-ring (bicyclic) bond motifs is 1. The van der Waals surface area contributed by atoms with Gasteiger partial charge in [0.2, 0.25) is 11.8 Å². The first-order valence-corrected chi connectivity index (χ1v) is 12.4. The molecule has 0 atom stereocenters. The smallest absolute Gasteiger partial charge is 0.475 e. The lowest BCUT2D eigenvalue weighted by molar-refractivity contribution is -0.192. The minimum absolute atomic E-state index is 0.0217. The number of piperidine rings is 1. The fourth-order valence-corrected chi connectivity index (χ4v) is 4.71. The van der Waals surface area contributed by atoms with E-state index in [9.17, 15) is 22.8 Å². The Morgan fingerprint density at radius 2 is 1.89 bits per heavy atom. The Hall–Kier alpha value is -3.58. The number of halogens is 3. The molecule has 2 amide bonds. The summed E-state index contributed by atoms with van der Waals surface area (Å²) in [7, 11) is 0. The highest BCUT2D eigenvalue weighted by molar-refractivity contribution is 7.07. The number of pyridine rings is 1. The molecule has 0 bridgehead atoms. The molecular formula is C24H24F3N5O4S. The molecule has 0 saturated carbocycles. The van der Waals surface area contributed by atoms with Gasteiger partial charge < -0.3 is 20.6 Å². The zero-order valence-electron chi connectivity index (χ0n) is 19.5. The topological polar surface area (TPSA) is 125 Å². The van der Waals surface area contributed by atoms with Crippen molar-refractivity contribution < 1.29 is 32.7 Å². The number of hydrogen-bond acceptors (Lipinski definition) is 7. The zero-order chi connectivity index (χ0) is 26.6. The summed E-state index contributed by atoms with van der Waals surface area (Å²) in [5.74, 6) is -2.05. The van der Waals surface area contributed by atoms with Gasteiger partial charge in [0.25, 0.3) is 0 Å². The Kier molecular flexibility index (Phi) is 7.73. The van der Waals surface area contributed by atoms with Crippen LogP contribution in [0.3, 0.4) is 0 Å². The second kappa shape index (κ2) is 10.8. The lowest BCUT2D eigenvalue weighted by atomic mass is 9.73. The van der Waals surface area contributed by atoms with E-state index < -0.39 is 12.1 Å². The highest BCUT2D eigenvalue weighted by Crippen LogP contribution is 2.36. The summed E-state index contributed by atoms with van der Waals surface area (Å²) >= 11 is 1.59. The summed E-state index contributed by atoms with van der Waals surface area (Å²) < 4.78 is 31.7. The molecule has 0 aliphatic carbocycles. The molecule has 9 nitrogen and oxygen atoms in total. The molecule has 5 rings (SSSR count). The first kappa shape index (κ1) is 26.5. The van der Waals surface area contributed by atoms with Gasteiger partial charge in [0.1, 0.15) is 5.82 Å². The Bertz CT molecular complexity index is 1230. The van der Waals surface area contributed by atoms with Crippen LogP contribution in [0, 0.1) is 5.41 Å². The summed E-state index contributed by atoms with van der Waals surface area (Å²) in [5, 5.41) is 15.3. The van der Waals surface area contributed by atoms with Crippen LogP contribution in [0.25, 0.3) is 12.2 Å². The third-order valence-electron chi connectivity index (χ3n) is 6.34. The third-order valence-corrected chi connectivity index (χ3v) is 6.94. The van der Waals surface area contributed by atoms with Gasteiger partial charge in [-0.05, 0) is 48.6 Å². The Morgan fingerprint density at radius 3 is 2.46 bits per heavy atom. The van der Waals surface area contributed by atoms with Gasteiger partial charge in [0.05, 0.1) is 16.6 Å². The fraction of sp³-hybridized carbons (Fsp3) is 0.375. The number of likely N-dealkylation sites (tertiary alicyclic amines) is 1. The molecule has 2 aromatic heterocycles. The highest BCUT2D eigenvalue weighted by atomic mass is 32.1. The first-order chi connectivity index (χ1) is 17.6. The Morgan fingerprint density at radius 1 is 1.19 bits per heavy atom. The first-order valence-electron chi connectivity index (χ1n) is 11.4. The molecular weight excluding hydrogens is 511 g/mol. The number of carboxylic acid groups (broad SMARTS) is 1. The minimum atomic E-state index is -5.08. The van der Waals surface area contributed by atoms with Crippen LogP contribution in [0.2, 0.25) is 0 Å². The molecule has 0 radical (unpaired) electrons. The van der Waals surface area contributed by atoms with Crippen LogP contribution in [0.5, 0.6) is 0 Å². The summed E-state index contributed by atoms with van der Waals surface area (Å²) in [4.78, 5) is 44.4. The maximum Gasteiger partial charge on any atom is 0.490 e. The number of thiazole rings is 1. The quantitative estimate of drug-likeness (QED) is 0.516. The molecule has 2 saturated heterocycles. The van der Waals surface area contributed by atoms with E-state index in [1.165, 1.54) is 5.57 Å². The second-order valence-corrected chi connectivity index (χ2v) is 9.69. The number of alkyl halides is 3. The number of amides is 2. The van der Waals surface area contributed by atoms with Crippen molar-refractivity contribution in [2.24, 2.45) is 5.41 Å². The monoisotopic (exact) mass is 535 g/mol. The predicted molar refractivity (Wildman–Crippen MR) is 131 cm³/mol. The van der Waals surface area contributed by atoms with Crippen LogP contribution in [-0.4, -0.2) is 70.1 Å². The van der Waals surface area contributed by atoms with Gasteiger partial charge in [-0.2, -0.15) is 13.2 Å². The minimum Gasteiger partial charge on any atom is -0.475 e. The number of carboxylic acids is 1. The fourth-order valence-electron chi connectivity index (χ4n) is 4.20.